The van der Waals surface area contributed by atoms with Gasteiger partial charge in [-0.15, -0.1) is 0 Å². The highest BCUT2D eigenvalue weighted by Gasteiger charge is 2.67. The van der Waals surface area contributed by atoms with Gasteiger partial charge in [-0.05, 0) is 109 Å². The minimum absolute atomic E-state index is 0.0649. The van der Waals surface area contributed by atoms with Crippen molar-refractivity contribution in [1.29, 1.82) is 0 Å². The van der Waals surface area contributed by atoms with Gasteiger partial charge in [0.1, 0.15) is 0 Å². The Morgan fingerprint density at radius 1 is 0.742 bits per heavy atom. The van der Waals surface area contributed by atoms with Crippen molar-refractivity contribution in [1.82, 2.24) is 0 Å². The molecule has 5 rings (SSSR count). The number of rotatable bonds is 0. The van der Waals surface area contributed by atoms with Crippen molar-refractivity contribution in [3.05, 3.63) is 11.6 Å². The maximum absolute atomic E-state index is 10.9. The Kier molecular flexibility index (Phi) is 4.66. The molecule has 176 valence electrons. The van der Waals surface area contributed by atoms with Crippen LogP contribution in [-0.2, 0) is 0 Å². The molecule has 8 unspecified atom stereocenters. The summed E-state index contributed by atoms with van der Waals surface area (Å²) in [5, 5.41) is 10.9. The van der Waals surface area contributed by atoms with E-state index in [4.69, 9.17) is 0 Å². The molecule has 5 aliphatic carbocycles. The average molecular weight is 427 g/mol. The van der Waals surface area contributed by atoms with E-state index >= 15 is 0 Å². The third-order valence-electron chi connectivity index (χ3n) is 13.0. The Morgan fingerprint density at radius 2 is 1.42 bits per heavy atom. The van der Waals surface area contributed by atoms with E-state index in [0.29, 0.717) is 21.7 Å². The first-order chi connectivity index (χ1) is 14.2. The van der Waals surface area contributed by atoms with Crippen LogP contribution in [-0.4, -0.2) is 11.2 Å². The molecular weight excluding hydrogens is 376 g/mol. The fourth-order valence-electron chi connectivity index (χ4n) is 10.6. The fourth-order valence-corrected chi connectivity index (χ4v) is 10.6. The highest BCUT2D eigenvalue weighted by atomic mass is 16.3. The number of fused-ring (bicyclic) bond motifs is 7. The van der Waals surface area contributed by atoms with Crippen molar-refractivity contribution in [2.24, 2.45) is 50.2 Å². The highest BCUT2D eigenvalue weighted by molar-refractivity contribution is 5.33. The van der Waals surface area contributed by atoms with Crippen LogP contribution in [0.4, 0.5) is 0 Å². The van der Waals surface area contributed by atoms with Crippen LogP contribution in [0.25, 0.3) is 0 Å². The van der Waals surface area contributed by atoms with Crippen LogP contribution in [0.1, 0.15) is 120 Å². The van der Waals surface area contributed by atoms with Crippen molar-refractivity contribution < 1.29 is 5.11 Å². The largest absolute Gasteiger partial charge is 0.392 e. The lowest BCUT2D eigenvalue weighted by molar-refractivity contribution is -0.207. The Hall–Kier alpha value is -0.300. The smallest absolute Gasteiger partial charge is 0.0628 e. The molecule has 4 saturated carbocycles. The minimum atomic E-state index is -0.178. The van der Waals surface area contributed by atoms with Gasteiger partial charge in [0.05, 0.1) is 6.10 Å². The second-order valence-electron chi connectivity index (χ2n) is 15.2. The Bertz CT molecular complexity index is 790. The lowest BCUT2D eigenvalue weighted by atomic mass is 9.33. The van der Waals surface area contributed by atoms with Gasteiger partial charge in [-0.1, -0.05) is 67.0 Å². The molecule has 0 bridgehead atoms. The third-order valence-corrected chi connectivity index (χ3v) is 13.0. The molecule has 1 heteroatoms. The molecule has 0 heterocycles. The average Bonchev–Trinajstić information content (AvgIpc) is 2.67. The van der Waals surface area contributed by atoms with Crippen LogP contribution in [0.3, 0.4) is 0 Å². The van der Waals surface area contributed by atoms with Crippen LogP contribution in [0.5, 0.6) is 0 Å². The number of hydrogen-bond donors (Lipinski definition) is 1. The van der Waals surface area contributed by atoms with E-state index in [1.165, 1.54) is 57.8 Å². The van der Waals surface area contributed by atoms with E-state index in [9.17, 15) is 5.11 Å². The van der Waals surface area contributed by atoms with E-state index in [-0.39, 0.29) is 16.9 Å². The third kappa shape index (κ3) is 2.77. The van der Waals surface area contributed by atoms with Gasteiger partial charge in [-0.2, -0.15) is 0 Å². The Morgan fingerprint density at radius 3 is 2.13 bits per heavy atom. The lowest BCUT2D eigenvalue weighted by Crippen LogP contribution is -2.64. The summed E-state index contributed by atoms with van der Waals surface area (Å²) >= 11 is 0. The van der Waals surface area contributed by atoms with Gasteiger partial charge in [0.2, 0.25) is 0 Å². The first-order valence-corrected chi connectivity index (χ1v) is 13.6. The summed E-state index contributed by atoms with van der Waals surface area (Å²) in [6.45, 7) is 20.4. The van der Waals surface area contributed by atoms with Crippen molar-refractivity contribution in [2.45, 2.75) is 126 Å². The molecule has 31 heavy (non-hydrogen) atoms. The first-order valence-electron chi connectivity index (χ1n) is 13.6. The predicted octanol–water partition coefficient (Wildman–Crippen LogP) is 8.17. The number of hydrogen-bond acceptors (Lipinski definition) is 1. The maximum Gasteiger partial charge on any atom is 0.0628 e. The molecule has 0 aliphatic heterocycles. The van der Waals surface area contributed by atoms with Gasteiger partial charge < -0.3 is 5.11 Å². The normalized spacial score (nSPS) is 55.2. The maximum atomic E-state index is 10.9. The monoisotopic (exact) mass is 426 g/mol. The number of aliphatic hydroxyl groups excluding tert-OH is 1. The summed E-state index contributed by atoms with van der Waals surface area (Å²) in [6.07, 6.45) is 15.9. The molecule has 0 aromatic carbocycles. The van der Waals surface area contributed by atoms with Crippen molar-refractivity contribution in [2.75, 3.05) is 0 Å². The first kappa shape index (κ1) is 22.5. The fraction of sp³-hybridized carbons (Fsp3) is 0.933. The minimum Gasteiger partial charge on any atom is -0.392 e. The van der Waals surface area contributed by atoms with E-state index in [1.807, 2.05) is 0 Å². The summed E-state index contributed by atoms with van der Waals surface area (Å²) in [5.41, 5.74) is 3.77. The van der Waals surface area contributed by atoms with E-state index in [0.717, 1.165) is 24.2 Å². The Labute approximate surface area is 192 Å². The molecule has 0 aromatic rings. The number of aliphatic hydroxyl groups is 1. The number of allylic oxidation sites excluding steroid dienone is 1. The van der Waals surface area contributed by atoms with Gasteiger partial charge in [-0.3, -0.25) is 0 Å². The molecule has 0 saturated heterocycles. The second-order valence-corrected chi connectivity index (χ2v) is 15.2. The molecule has 0 amide bonds. The molecule has 5 aliphatic rings. The van der Waals surface area contributed by atoms with Gasteiger partial charge in [0.25, 0.3) is 0 Å². The molecule has 1 nitrogen and oxygen atoms in total. The van der Waals surface area contributed by atoms with Crippen molar-refractivity contribution in [3.63, 3.8) is 0 Å². The quantitative estimate of drug-likeness (QED) is 0.387. The van der Waals surface area contributed by atoms with Crippen LogP contribution in [0.2, 0.25) is 0 Å². The molecule has 4 fully saturated rings. The van der Waals surface area contributed by atoms with Gasteiger partial charge in [0.15, 0.2) is 0 Å². The zero-order valence-electron chi connectivity index (χ0n) is 21.9. The summed E-state index contributed by atoms with van der Waals surface area (Å²) in [4.78, 5) is 0. The standard InChI is InChI=1S/C30H50O/c1-25(2)15-16-27(5)17-18-29(7)20(21(27)19-25)9-10-23-28(6)13-12-24(31)26(3,4)22(28)11-14-30(23,29)8/h11,20-21,23-24,31H,9-10,12-19H2,1-8H3. The van der Waals surface area contributed by atoms with Crippen LogP contribution in [0, 0.1) is 50.2 Å². The summed E-state index contributed by atoms with van der Waals surface area (Å²) in [7, 11) is 0. The SMILES string of the molecule is CC1(C)CCC2(C)CCC3(C)C(CCC4C5(C)CCC(O)C(C)(C)C5=CCC43C)C2C1. The topological polar surface area (TPSA) is 20.2 Å². The molecule has 8 atom stereocenters. The van der Waals surface area contributed by atoms with Crippen LogP contribution in [0.15, 0.2) is 11.6 Å². The van der Waals surface area contributed by atoms with Gasteiger partial charge in [-0.25, -0.2) is 0 Å². The lowest BCUT2D eigenvalue weighted by Gasteiger charge is -2.72. The van der Waals surface area contributed by atoms with Crippen LogP contribution < -0.4 is 0 Å². The second kappa shape index (κ2) is 6.43. The van der Waals surface area contributed by atoms with Crippen molar-refractivity contribution >= 4 is 0 Å². The van der Waals surface area contributed by atoms with E-state index in [2.05, 4.69) is 61.5 Å². The van der Waals surface area contributed by atoms with Gasteiger partial charge in [0, 0.05) is 5.41 Å². The highest BCUT2D eigenvalue weighted by Crippen LogP contribution is 2.75. The van der Waals surface area contributed by atoms with E-state index < -0.39 is 0 Å². The van der Waals surface area contributed by atoms with Crippen LogP contribution >= 0.6 is 0 Å². The van der Waals surface area contributed by atoms with Crippen molar-refractivity contribution in [3.8, 4) is 0 Å². The molecule has 0 spiro atoms. The zero-order chi connectivity index (χ0) is 22.7. The molecular formula is C30H50O. The Balaban J connectivity index is 1.56. The summed E-state index contributed by atoms with van der Waals surface area (Å²) in [5.74, 6) is 2.58. The zero-order valence-corrected chi connectivity index (χ0v) is 21.9. The summed E-state index contributed by atoms with van der Waals surface area (Å²) < 4.78 is 0. The molecule has 0 radical (unpaired) electrons. The molecule has 1 N–H and O–H groups in total. The molecule has 0 aromatic heterocycles. The summed E-state index contributed by atoms with van der Waals surface area (Å²) in [6, 6.07) is 0. The van der Waals surface area contributed by atoms with Gasteiger partial charge >= 0.3 is 0 Å². The van der Waals surface area contributed by atoms with E-state index in [1.54, 1.807) is 5.57 Å². The predicted molar refractivity (Wildman–Crippen MR) is 131 cm³/mol.